The third-order valence-electron chi connectivity index (χ3n) is 1.67. The van der Waals surface area contributed by atoms with Gasteiger partial charge < -0.3 is 0 Å². The lowest BCUT2D eigenvalue weighted by molar-refractivity contribution is 0.587. The number of alkyl halides is 1. The molecule has 3 nitrogen and oxygen atoms in total. The maximum Gasteiger partial charge on any atom is 0.240 e. The van der Waals surface area contributed by atoms with Gasteiger partial charge in [0.25, 0.3) is 0 Å². The van der Waals surface area contributed by atoms with E-state index in [2.05, 4.69) is 4.72 Å². The van der Waals surface area contributed by atoms with Crippen molar-refractivity contribution in [2.45, 2.75) is 10.8 Å². The van der Waals surface area contributed by atoms with Gasteiger partial charge in [0.1, 0.15) is 0 Å². The first-order valence-electron chi connectivity index (χ1n) is 3.69. The van der Waals surface area contributed by atoms with Crippen molar-refractivity contribution in [3.05, 3.63) is 29.8 Å². The first-order valence-corrected chi connectivity index (χ1v) is 5.71. The van der Waals surface area contributed by atoms with Crippen molar-refractivity contribution >= 4 is 21.6 Å². The molecule has 0 saturated carbocycles. The standard InChI is InChI=1S/C8H10ClNO2S/c1-10-13(11,12)8-5-3-2-4-7(8)6-9/h2-5,10H,6H2,1H3. The second-order valence-corrected chi connectivity index (χ2v) is 4.57. The molecule has 0 aromatic heterocycles. The average molecular weight is 220 g/mol. The molecule has 72 valence electrons. The van der Waals surface area contributed by atoms with E-state index in [1.54, 1.807) is 18.2 Å². The van der Waals surface area contributed by atoms with E-state index in [-0.39, 0.29) is 10.8 Å². The van der Waals surface area contributed by atoms with Crippen LogP contribution in [0.2, 0.25) is 0 Å². The number of nitrogens with one attached hydrogen (secondary N) is 1. The van der Waals surface area contributed by atoms with Gasteiger partial charge >= 0.3 is 0 Å². The van der Waals surface area contributed by atoms with Crippen molar-refractivity contribution in [2.75, 3.05) is 7.05 Å². The molecule has 5 heteroatoms. The summed E-state index contributed by atoms with van der Waals surface area (Å²) in [4.78, 5) is 0.243. The van der Waals surface area contributed by atoms with Gasteiger partial charge in [-0.2, -0.15) is 0 Å². The molecule has 0 radical (unpaired) electrons. The summed E-state index contributed by atoms with van der Waals surface area (Å²) < 4.78 is 25.1. The molecule has 1 rings (SSSR count). The van der Waals surface area contributed by atoms with Gasteiger partial charge in [0.15, 0.2) is 0 Å². The van der Waals surface area contributed by atoms with E-state index in [1.807, 2.05) is 0 Å². The predicted molar refractivity (Wildman–Crippen MR) is 52.2 cm³/mol. The number of halogens is 1. The number of hydrogen-bond donors (Lipinski definition) is 1. The smallest absolute Gasteiger partial charge is 0.214 e. The van der Waals surface area contributed by atoms with E-state index in [4.69, 9.17) is 11.6 Å². The minimum atomic E-state index is -3.38. The Bertz CT molecular complexity index is 389. The van der Waals surface area contributed by atoms with Crippen molar-refractivity contribution in [3.8, 4) is 0 Å². The quantitative estimate of drug-likeness (QED) is 0.780. The molecule has 1 aromatic carbocycles. The monoisotopic (exact) mass is 219 g/mol. The Morgan fingerprint density at radius 2 is 2.00 bits per heavy atom. The van der Waals surface area contributed by atoms with Crippen LogP contribution >= 0.6 is 11.6 Å². The lowest BCUT2D eigenvalue weighted by Crippen LogP contribution is -2.19. The summed E-state index contributed by atoms with van der Waals surface area (Å²) in [6.07, 6.45) is 0. The molecule has 1 aromatic rings. The highest BCUT2D eigenvalue weighted by Crippen LogP contribution is 2.16. The molecule has 13 heavy (non-hydrogen) atoms. The summed E-state index contributed by atoms with van der Waals surface area (Å²) in [6, 6.07) is 6.65. The van der Waals surface area contributed by atoms with Gasteiger partial charge in [-0.15, -0.1) is 11.6 Å². The SMILES string of the molecule is CNS(=O)(=O)c1ccccc1CCl. The fourth-order valence-electron chi connectivity index (χ4n) is 0.986. The second-order valence-electron chi connectivity index (χ2n) is 2.45. The third kappa shape index (κ3) is 2.21. The number of sulfonamides is 1. The van der Waals surface area contributed by atoms with Crippen LogP contribution in [0.15, 0.2) is 29.2 Å². The number of benzene rings is 1. The summed E-state index contributed by atoms with van der Waals surface area (Å²) in [5.41, 5.74) is 0.610. The first-order chi connectivity index (χ1) is 6.11. The maximum atomic E-state index is 11.4. The molecule has 1 N–H and O–H groups in total. The van der Waals surface area contributed by atoms with Crippen molar-refractivity contribution in [1.29, 1.82) is 0 Å². The number of hydrogen-bond acceptors (Lipinski definition) is 2. The lowest BCUT2D eigenvalue weighted by atomic mass is 10.2. The molecule has 0 aliphatic heterocycles. The molecule has 0 heterocycles. The fourth-order valence-corrected chi connectivity index (χ4v) is 2.26. The van der Waals surface area contributed by atoms with Gasteiger partial charge in [-0.3, -0.25) is 0 Å². The average Bonchev–Trinajstić information content (AvgIpc) is 2.18. The predicted octanol–water partition coefficient (Wildman–Crippen LogP) is 1.33. The van der Waals surface area contributed by atoms with E-state index in [0.29, 0.717) is 5.56 Å². The molecule has 0 spiro atoms. The van der Waals surface area contributed by atoms with Gasteiger partial charge in [0, 0.05) is 5.88 Å². The highest BCUT2D eigenvalue weighted by molar-refractivity contribution is 7.89. The molecule has 0 amide bonds. The maximum absolute atomic E-state index is 11.4. The van der Waals surface area contributed by atoms with Crippen LogP contribution < -0.4 is 4.72 Å². The van der Waals surface area contributed by atoms with E-state index in [9.17, 15) is 8.42 Å². The molecule has 0 unspecified atom stereocenters. The van der Waals surface area contributed by atoms with E-state index in [1.165, 1.54) is 13.1 Å². The van der Waals surface area contributed by atoms with E-state index < -0.39 is 10.0 Å². The van der Waals surface area contributed by atoms with Crippen LogP contribution in [-0.2, 0) is 15.9 Å². The summed E-state index contributed by atoms with van der Waals surface area (Å²) >= 11 is 5.60. The van der Waals surface area contributed by atoms with Crippen LogP contribution in [0.5, 0.6) is 0 Å². The van der Waals surface area contributed by atoms with Crippen molar-refractivity contribution in [1.82, 2.24) is 4.72 Å². The largest absolute Gasteiger partial charge is 0.240 e. The highest BCUT2D eigenvalue weighted by atomic mass is 35.5. The molecule has 0 saturated heterocycles. The Morgan fingerprint density at radius 1 is 1.38 bits per heavy atom. The van der Waals surface area contributed by atoms with Crippen LogP contribution in [0.3, 0.4) is 0 Å². The number of rotatable bonds is 3. The van der Waals surface area contributed by atoms with Crippen molar-refractivity contribution in [3.63, 3.8) is 0 Å². The minimum Gasteiger partial charge on any atom is -0.214 e. The molecular formula is C8H10ClNO2S. The molecule has 0 bridgehead atoms. The summed E-state index contributed by atoms with van der Waals surface area (Å²) in [5.74, 6) is 0.192. The zero-order valence-corrected chi connectivity index (χ0v) is 8.69. The normalized spacial score (nSPS) is 11.5. The highest BCUT2D eigenvalue weighted by Gasteiger charge is 2.14. The lowest BCUT2D eigenvalue weighted by Gasteiger charge is -2.06. The molecule has 0 aliphatic carbocycles. The van der Waals surface area contributed by atoms with Crippen LogP contribution in [0.4, 0.5) is 0 Å². The van der Waals surface area contributed by atoms with Gasteiger partial charge in [-0.05, 0) is 18.7 Å². The molecule has 0 atom stereocenters. The Labute approximate surface area is 82.8 Å². The summed E-state index contributed by atoms with van der Waals surface area (Å²) in [7, 11) is -2.00. The van der Waals surface area contributed by atoms with Gasteiger partial charge in [0.05, 0.1) is 4.90 Å². The van der Waals surface area contributed by atoms with Crippen LogP contribution in [0.1, 0.15) is 5.56 Å². The Morgan fingerprint density at radius 3 is 2.54 bits per heavy atom. The Kier molecular flexibility index (Phi) is 3.30. The van der Waals surface area contributed by atoms with Crippen molar-refractivity contribution in [2.24, 2.45) is 0 Å². The minimum absolute atomic E-state index is 0.192. The van der Waals surface area contributed by atoms with Crippen molar-refractivity contribution < 1.29 is 8.42 Å². The van der Waals surface area contributed by atoms with Gasteiger partial charge in [-0.1, -0.05) is 18.2 Å². The van der Waals surface area contributed by atoms with Crippen LogP contribution in [0, 0.1) is 0 Å². The van der Waals surface area contributed by atoms with Gasteiger partial charge in [0.2, 0.25) is 10.0 Å². The zero-order chi connectivity index (χ0) is 9.90. The molecule has 0 aliphatic rings. The van der Waals surface area contributed by atoms with Gasteiger partial charge in [-0.25, -0.2) is 13.1 Å². The molecule has 0 fully saturated rings. The second kappa shape index (κ2) is 4.09. The molecular weight excluding hydrogens is 210 g/mol. The Balaban J connectivity index is 3.29. The summed E-state index contributed by atoms with van der Waals surface area (Å²) in [5, 5.41) is 0. The van der Waals surface area contributed by atoms with Crippen LogP contribution in [0.25, 0.3) is 0 Å². The van der Waals surface area contributed by atoms with E-state index in [0.717, 1.165) is 0 Å². The Hall–Kier alpha value is -0.580. The fraction of sp³-hybridized carbons (Fsp3) is 0.250. The third-order valence-corrected chi connectivity index (χ3v) is 3.48. The van der Waals surface area contributed by atoms with E-state index >= 15 is 0 Å². The summed E-state index contributed by atoms with van der Waals surface area (Å²) in [6.45, 7) is 0. The zero-order valence-electron chi connectivity index (χ0n) is 7.12. The first kappa shape index (κ1) is 10.5. The van der Waals surface area contributed by atoms with Crippen LogP contribution in [-0.4, -0.2) is 15.5 Å². The topological polar surface area (TPSA) is 46.2 Å².